The molecule has 0 bridgehead atoms. The topological polar surface area (TPSA) is 57.2 Å². The van der Waals surface area contributed by atoms with Gasteiger partial charge in [-0.15, -0.1) is 0 Å². The first-order valence-electron chi connectivity index (χ1n) is 5.32. The predicted molar refractivity (Wildman–Crippen MR) is 63.2 cm³/mol. The number of hydrogen-bond acceptors (Lipinski definition) is 4. The van der Waals surface area contributed by atoms with Gasteiger partial charge >= 0.3 is 0 Å². The summed E-state index contributed by atoms with van der Waals surface area (Å²) in [5, 5.41) is 15.3. The van der Waals surface area contributed by atoms with Crippen molar-refractivity contribution in [1.29, 1.82) is 0 Å². The monoisotopic (exact) mass is 209 g/mol. The molecule has 1 aromatic heterocycles. The lowest BCUT2D eigenvalue weighted by Gasteiger charge is -2.13. The van der Waals surface area contributed by atoms with E-state index in [4.69, 9.17) is 5.11 Å². The van der Waals surface area contributed by atoms with Crippen LogP contribution in [0.15, 0.2) is 18.5 Å². The molecule has 1 atom stereocenters. The van der Waals surface area contributed by atoms with Crippen LogP contribution in [0.2, 0.25) is 0 Å². The highest BCUT2D eigenvalue weighted by Gasteiger charge is 2.00. The molecule has 0 aliphatic carbocycles. The lowest BCUT2D eigenvalue weighted by Crippen LogP contribution is -2.19. The zero-order chi connectivity index (χ0) is 11.1. The lowest BCUT2D eigenvalue weighted by molar-refractivity contribution is 0.281. The van der Waals surface area contributed by atoms with Gasteiger partial charge in [-0.2, -0.15) is 0 Å². The third-order valence-corrected chi connectivity index (χ3v) is 2.00. The summed E-state index contributed by atoms with van der Waals surface area (Å²) in [5.74, 6) is 0. The number of aliphatic hydroxyl groups excluding tert-OH is 1. The zero-order valence-corrected chi connectivity index (χ0v) is 9.33. The molecule has 3 N–H and O–H groups in total. The molecule has 84 valence electrons. The van der Waals surface area contributed by atoms with E-state index in [0.717, 1.165) is 24.3 Å². The van der Waals surface area contributed by atoms with Crippen molar-refractivity contribution < 1.29 is 5.11 Å². The SMILES string of the molecule is CCCNc1cncc(NC(C)CO)c1. The molecule has 4 heteroatoms. The number of rotatable bonds is 6. The Morgan fingerprint density at radius 1 is 1.40 bits per heavy atom. The van der Waals surface area contributed by atoms with Crippen molar-refractivity contribution in [2.75, 3.05) is 23.8 Å². The lowest BCUT2D eigenvalue weighted by atomic mass is 10.3. The third kappa shape index (κ3) is 4.16. The van der Waals surface area contributed by atoms with Gasteiger partial charge in [0.1, 0.15) is 0 Å². The van der Waals surface area contributed by atoms with Crippen molar-refractivity contribution in [1.82, 2.24) is 4.98 Å². The molecule has 1 heterocycles. The molecule has 0 fully saturated rings. The predicted octanol–water partition coefficient (Wildman–Crippen LogP) is 1.70. The molecule has 0 aliphatic heterocycles. The van der Waals surface area contributed by atoms with Crippen molar-refractivity contribution >= 4 is 11.4 Å². The van der Waals surface area contributed by atoms with E-state index in [-0.39, 0.29) is 12.6 Å². The normalized spacial score (nSPS) is 12.2. The maximum Gasteiger partial charge on any atom is 0.0630 e. The van der Waals surface area contributed by atoms with Crippen molar-refractivity contribution in [2.45, 2.75) is 26.3 Å². The molecule has 0 aliphatic rings. The number of pyridine rings is 1. The molecule has 1 unspecified atom stereocenters. The molecule has 0 spiro atoms. The number of nitrogens with one attached hydrogen (secondary N) is 2. The summed E-state index contributed by atoms with van der Waals surface area (Å²) >= 11 is 0. The molecule has 0 amide bonds. The van der Waals surface area contributed by atoms with Crippen LogP contribution < -0.4 is 10.6 Å². The van der Waals surface area contributed by atoms with Gasteiger partial charge < -0.3 is 15.7 Å². The van der Waals surface area contributed by atoms with Crippen LogP contribution in [0.1, 0.15) is 20.3 Å². The van der Waals surface area contributed by atoms with Gasteiger partial charge in [-0.25, -0.2) is 0 Å². The Balaban J connectivity index is 2.57. The van der Waals surface area contributed by atoms with Crippen LogP contribution in [0.5, 0.6) is 0 Å². The Bertz CT molecular complexity index is 291. The number of hydrogen-bond donors (Lipinski definition) is 3. The van der Waals surface area contributed by atoms with E-state index in [2.05, 4.69) is 22.5 Å². The van der Waals surface area contributed by atoms with Crippen molar-refractivity contribution in [2.24, 2.45) is 0 Å². The summed E-state index contributed by atoms with van der Waals surface area (Å²) in [6, 6.07) is 2.04. The minimum absolute atomic E-state index is 0.0493. The Labute approximate surface area is 90.7 Å². The van der Waals surface area contributed by atoms with E-state index >= 15 is 0 Å². The second-order valence-corrected chi connectivity index (χ2v) is 3.62. The summed E-state index contributed by atoms with van der Waals surface area (Å²) in [7, 11) is 0. The second kappa shape index (κ2) is 6.24. The molecule has 1 rings (SSSR count). The first-order valence-corrected chi connectivity index (χ1v) is 5.32. The van der Waals surface area contributed by atoms with E-state index in [0.29, 0.717) is 0 Å². The van der Waals surface area contributed by atoms with Crippen LogP contribution in [0.3, 0.4) is 0 Å². The fraction of sp³-hybridized carbons (Fsp3) is 0.545. The van der Waals surface area contributed by atoms with Crippen molar-refractivity contribution in [3.8, 4) is 0 Å². The molecule has 0 saturated carbocycles. The second-order valence-electron chi connectivity index (χ2n) is 3.62. The Kier molecular flexibility index (Phi) is 4.90. The Morgan fingerprint density at radius 2 is 2.13 bits per heavy atom. The number of aliphatic hydroxyl groups is 1. The average molecular weight is 209 g/mol. The highest BCUT2D eigenvalue weighted by molar-refractivity contribution is 5.54. The summed E-state index contributed by atoms with van der Waals surface area (Å²) < 4.78 is 0. The van der Waals surface area contributed by atoms with E-state index in [1.165, 1.54) is 0 Å². The summed E-state index contributed by atoms with van der Waals surface area (Å²) in [6.45, 7) is 5.11. The highest BCUT2D eigenvalue weighted by atomic mass is 16.3. The fourth-order valence-corrected chi connectivity index (χ4v) is 1.22. The highest BCUT2D eigenvalue weighted by Crippen LogP contribution is 2.13. The first-order chi connectivity index (χ1) is 7.26. The van der Waals surface area contributed by atoms with Gasteiger partial charge in [0.15, 0.2) is 0 Å². The Hall–Kier alpha value is -1.29. The zero-order valence-electron chi connectivity index (χ0n) is 9.33. The van der Waals surface area contributed by atoms with Gasteiger partial charge in [-0.3, -0.25) is 4.98 Å². The molecule has 1 aromatic rings. The molecule has 15 heavy (non-hydrogen) atoms. The maximum absolute atomic E-state index is 8.91. The molecule has 0 aromatic carbocycles. The minimum atomic E-state index is 0.0493. The first kappa shape index (κ1) is 11.8. The maximum atomic E-state index is 8.91. The van der Waals surface area contributed by atoms with Gasteiger partial charge in [-0.1, -0.05) is 6.92 Å². The minimum Gasteiger partial charge on any atom is -0.394 e. The van der Waals surface area contributed by atoms with E-state index in [1.807, 2.05) is 13.0 Å². The van der Waals surface area contributed by atoms with Gasteiger partial charge in [0.25, 0.3) is 0 Å². The average Bonchev–Trinajstić information content (AvgIpc) is 2.26. The quantitative estimate of drug-likeness (QED) is 0.667. The van der Waals surface area contributed by atoms with Crippen LogP contribution >= 0.6 is 0 Å². The third-order valence-electron chi connectivity index (χ3n) is 2.00. The smallest absolute Gasteiger partial charge is 0.0630 e. The summed E-state index contributed by atoms with van der Waals surface area (Å²) in [5.41, 5.74) is 1.93. The number of anilines is 2. The van der Waals surface area contributed by atoms with Crippen molar-refractivity contribution in [3.05, 3.63) is 18.5 Å². The van der Waals surface area contributed by atoms with Crippen LogP contribution in [-0.4, -0.2) is 29.3 Å². The van der Waals surface area contributed by atoms with Crippen molar-refractivity contribution in [3.63, 3.8) is 0 Å². The molecular weight excluding hydrogens is 190 g/mol. The summed E-state index contributed by atoms with van der Waals surface area (Å²) in [6.07, 6.45) is 4.64. The van der Waals surface area contributed by atoms with E-state index in [1.54, 1.807) is 12.4 Å². The Morgan fingerprint density at radius 3 is 2.80 bits per heavy atom. The number of aromatic nitrogens is 1. The van der Waals surface area contributed by atoms with Gasteiger partial charge in [-0.05, 0) is 19.4 Å². The summed E-state index contributed by atoms with van der Waals surface area (Å²) in [4.78, 5) is 4.12. The van der Waals surface area contributed by atoms with Crippen LogP contribution in [0.25, 0.3) is 0 Å². The standard InChI is InChI=1S/C11H19N3O/c1-3-4-13-10-5-11(7-12-6-10)14-9(2)8-15/h5-7,9,13-15H,3-4,8H2,1-2H3. The van der Waals surface area contributed by atoms with Gasteiger partial charge in [0, 0.05) is 12.6 Å². The molecular formula is C11H19N3O. The molecule has 4 nitrogen and oxygen atoms in total. The van der Waals surface area contributed by atoms with Gasteiger partial charge in [0.2, 0.25) is 0 Å². The van der Waals surface area contributed by atoms with E-state index < -0.39 is 0 Å². The van der Waals surface area contributed by atoms with Crippen LogP contribution in [0.4, 0.5) is 11.4 Å². The largest absolute Gasteiger partial charge is 0.394 e. The van der Waals surface area contributed by atoms with E-state index in [9.17, 15) is 0 Å². The molecule has 0 saturated heterocycles. The van der Waals surface area contributed by atoms with Gasteiger partial charge in [0.05, 0.1) is 30.4 Å². The van der Waals surface area contributed by atoms with Crippen LogP contribution in [0, 0.1) is 0 Å². The number of nitrogens with zero attached hydrogens (tertiary/aromatic N) is 1. The molecule has 0 radical (unpaired) electrons. The van der Waals surface area contributed by atoms with Crippen LogP contribution in [-0.2, 0) is 0 Å². The fourth-order valence-electron chi connectivity index (χ4n) is 1.22.